The molecule has 0 radical (unpaired) electrons. The molecule has 1 aliphatic heterocycles. The van der Waals surface area contributed by atoms with Gasteiger partial charge in [-0.2, -0.15) is 0 Å². The number of ether oxygens (including phenoxy) is 2. The first-order chi connectivity index (χ1) is 16.0. The summed E-state index contributed by atoms with van der Waals surface area (Å²) < 4.78 is 10.9. The Balaban J connectivity index is 1.49. The van der Waals surface area contributed by atoms with E-state index in [0.717, 1.165) is 42.1 Å². The van der Waals surface area contributed by atoms with Crippen LogP contribution in [0.1, 0.15) is 38.8 Å². The molecule has 0 fully saturated rings. The molecule has 1 amide bonds. The number of esters is 1. The van der Waals surface area contributed by atoms with Gasteiger partial charge in [-0.05, 0) is 49.1 Å². The summed E-state index contributed by atoms with van der Waals surface area (Å²) in [6, 6.07) is 17.9. The highest BCUT2D eigenvalue weighted by molar-refractivity contribution is 7.17. The molecule has 0 saturated heterocycles. The fourth-order valence-corrected chi connectivity index (χ4v) is 5.25. The Morgan fingerprint density at radius 2 is 1.94 bits per heavy atom. The van der Waals surface area contributed by atoms with Crippen molar-refractivity contribution in [3.63, 3.8) is 0 Å². The molecule has 0 bridgehead atoms. The van der Waals surface area contributed by atoms with Crippen molar-refractivity contribution in [3.05, 3.63) is 81.7 Å². The van der Waals surface area contributed by atoms with Crippen LogP contribution < -0.4 is 10.1 Å². The Labute approximate surface area is 198 Å². The van der Waals surface area contributed by atoms with Crippen molar-refractivity contribution in [2.24, 2.45) is 0 Å². The molecule has 6 nitrogen and oxygen atoms in total. The largest absolute Gasteiger partial charge is 0.484 e. The number of carbonyl (C=O) groups excluding carboxylic acids is 2. The van der Waals surface area contributed by atoms with Crippen LogP contribution in [0.2, 0.25) is 0 Å². The van der Waals surface area contributed by atoms with Crippen LogP contribution in [0.4, 0.5) is 5.00 Å². The van der Waals surface area contributed by atoms with E-state index >= 15 is 0 Å². The Kier molecular flexibility index (Phi) is 7.42. The van der Waals surface area contributed by atoms with Crippen molar-refractivity contribution in [2.75, 3.05) is 25.1 Å². The summed E-state index contributed by atoms with van der Waals surface area (Å²) in [5, 5.41) is 3.43. The molecular weight excluding hydrogens is 436 g/mol. The van der Waals surface area contributed by atoms with Gasteiger partial charge in [0, 0.05) is 24.5 Å². The van der Waals surface area contributed by atoms with E-state index in [0.29, 0.717) is 16.3 Å². The molecule has 3 aromatic rings. The highest BCUT2D eigenvalue weighted by Crippen LogP contribution is 2.38. The van der Waals surface area contributed by atoms with Gasteiger partial charge in [-0.3, -0.25) is 9.69 Å². The molecule has 0 saturated carbocycles. The number of anilines is 1. The van der Waals surface area contributed by atoms with Crippen molar-refractivity contribution in [1.82, 2.24) is 4.90 Å². The maximum Gasteiger partial charge on any atom is 0.341 e. The first-order valence-electron chi connectivity index (χ1n) is 11.1. The smallest absolute Gasteiger partial charge is 0.341 e. The van der Waals surface area contributed by atoms with Gasteiger partial charge in [0.25, 0.3) is 5.91 Å². The van der Waals surface area contributed by atoms with Gasteiger partial charge >= 0.3 is 5.97 Å². The molecule has 2 aromatic carbocycles. The van der Waals surface area contributed by atoms with Crippen LogP contribution in [0, 0.1) is 6.92 Å². The number of benzene rings is 2. The number of amides is 1. The second-order valence-corrected chi connectivity index (χ2v) is 9.13. The lowest BCUT2D eigenvalue weighted by Crippen LogP contribution is -2.30. The summed E-state index contributed by atoms with van der Waals surface area (Å²) in [6.45, 7) is 6.33. The maximum atomic E-state index is 12.8. The standard InChI is InChI=1S/C26H28N2O4S/c1-3-31-26(30)24-21-12-13-28(15-19-9-5-4-6-10-19)16-22(21)33-25(24)27-23(29)17-32-20-11-7-8-18(2)14-20/h4-11,14H,3,12-13,15-17H2,1-2H3,(H,27,29). The zero-order valence-corrected chi connectivity index (χ0v) is 19.7. The van der Waals surface area contributed by atoms with Crippen molar-refractivity contribution >= 4 is 28.2 Å². The third kappa shape index (κ3) is 5.80. The van der Waals surface area contributed by atoms with Crippen LogP contribution in [0.25, 0.3) is 0 Å². The lowest BCUT2D eigenvalue weighted by Gasteiger charge is -2.27. The second-order valence-electron chi connectivity index (χ2n) is 8.03. The molecule has 1 aromatic heterocycles. The van der Waals surface area contributed by atoms with Gasteiger partial charge in [-0.1, -0.05) is 42.5 Å². The SMILES string of the molecule is CCOC(=O)c1c(NC(=O)COc2cccc(C)c2)sc2c1CCN(Cc1ccccc1)C2. The molecule has 1 N–H and O–H groups in total. The molecule has 172 valence electrons. The molecule has 0 aliphatic carbocycles. The predicted molar refractivity (Wildman–Crippen MR) is 130 cm³/mol. The first kappa shape index (κ1) is 23.0. The normalized spacial score (nSPS) is 13.3. The van der Waals surface area contributed by atoms with E-state index in [1.807, 2.05) is 49.4 Å². The van der Waals surface area contributed by atoms with Gasteiger partial charge in [0.1, 0.15) is 10.8 Å². The first-order valence-corrected chi connectivity index (χ1v) is 11.9. The van der Waals surface area contributed by atoms with Gasteiger partial charge in [0.05, 0.1) is 12.2 Å². The molecule has 0 spiro atoms. The topological polar surface area (TPSA) is 67.9 Å². The summed E-state index contributed by atoms with van der Waals surface area (Å²) in [4.78, 5) is 28.8. The van der Waals surface area contributed by atoms with Crippen LogP contribution in [0.5, 0.6) is 5.75 Å². The minimum absolute atomic E-state index is 0.131. The number of rotatable bonds is 8. The van der Waals surface area contributed by atoms with Crippen molar-refractivity contribution in [3.8, 4) is 5.75 Å². The molecule has 1 aliphatic rings. The van der Waals surface area contributed by atoms with E-state index in [2.05, 4.69) is 22.3 Å². The number of nitrogens with zero attached hydrogens (tertiary/aromatic N) is 1. The lowest BCUT2D eigenvalue weighted by atomic mass is 10.0. The zero-order chi connectivity index (χ0) is 23.2. The van der Waals surface area contributed by atoms with Crippen molar-refractivity contribution in [1.29, 1.82) is 0 Å². The molecule has 0 unspecified atom stereocenters. The zero-order valence-electron chi connectivity index (χ0n) is 18.9. The molecule has 33 heavy (non-hydrogen) atoms. The number of thiophene rings is 1. The fourth-order valence-electron chi connectivity index (χ4n) is 3.96. The Morgan fingerprint density at radius 3 is 2.70 bits per heavy atom. The van der Waals surface area contributed by atoms with E-state index in [-0.39, 0.29) is 25.1 Å². The van der Waals surface area contributed by atoms with Crippen LogP contribution in [-0.4, -0.2) is 36.5 Å². The van der Waals surface area contributed by atoms with Crippen molar-refractivity contribution in [2.45, 2.75) is 33.4 Å². The van der Waals surface area contributed by atoms with Crippen LogP contribution >= 0.6 is 11.3 Å². The van der Waals surface area contributed by atoms with Gasteiger partial charge < -0.3 is 14.8 Å². The summed E-state index contributed by atoms with van der Waals surface area (Å²) in [6.07, 6.45) is 0.739. The van der Waals surface area contributed by atoms with E-state index in [9.17, 15) is 9.59 Å². The molecule has 4 rings (SSSR count). The highest BCUT2D eigenvalue weighted by atomic mass is 32.1. The van der Waals surface area contributed by atoms with Crippen LogP contribution in [0.15, 0.2) is 54.6 Å². The monoisotopic (exact) mass is 464 g/mol. The minimum Gasteiger partial charge on any atom is -0.484 e. The third-order valence-corrected chi connectivity index (χ3v) is 6.61. The molecule has 0 atom stereocenters. The Hall–Kier alpha value is -3.16. The number of aryl methyl sites for hydroxylation is 1. The van der Waals surface area contributed by atoms with E-state index in [1.165, 1.54) is 16.9 Å². The number of nitrogens with one attached hydrogen (secondary N) is 1. The maximum absolute atomic E-state index is 12.8. The molecule has 7 heteroatoms. The van der Waals surface area contributed by atoms with Gasteiger partial charge in [-0.15, -0.1) is 11.3 Å². The summed E-state index contributed by atoms with van der Waals surface area (Å²) in [7, 11) is 0. The van der Waals surface area contributed by atoms with Crippen LogP contribution in [0.3, 0.4) is 0 Å². The quantitative estimate of drug-likeness (QED) is 0.485. The number of carbonyl (C=O) groups is 2. The summed E-state index contributed by atoms with van der Waals surface area (Å²) in [5.74, 6) is -0.0546. The van der Waals surface area contributed by atoms with Gasteiger partial charge in [0.2, 0.25) is 0 Å². The third-order valence-electron chi connectivity index (χ3n) is 5.48. The highest BCUT2D eigenvalue weighted by Gasteiger charge is 2.29. The summed E-state index contributed by atoms with van der Waals surface area (Å²) in [5.41, 5.74) is 3.78. The van der Waals surface area contributed by atoms with E-state index in [4.69, 9.17) is 9.47 Å². The van der Waals surface area contributed by atoms with Crippen LogP contribution in [-0.2, 0) is 29.0 Å². The second kappa shape index (κ2) is 10.6. The Morgan fingerprint density at radius 1 is 1.12 bits per heavy atom. The number of hydrogen-bond acceptors (Lipinski definition) is 6. The number of hydrogen-bond donors (Lipinski definition) is 1. The average Bonchev–Trinajstić information content (AvgIpc) is 3.15. The predicted octanol–water partition coefficient (Wildman–Crippen LogP) is 4.81. The molecule has 2 heterocycles. The van der Waals surface area contributed by atoms with Gasteiger partial charge in [0.15, 0.2) is 6.61 Å². The average molecular weight is 465 g/mol. The molecular formula is C26H28N2O4S. The van der Waals surface area contributed by atoms with Crippen molar-refractivity contribution < 1.29 is 19.1 Å². The van der Waals surface area contributed by atoms with E-state index < -0.39 is 0 Å². The Bertz CT molecular complexity index is 1130. The minimum atomic E-state index is -0.388. The summed E-state index contributed by atoms with van der Waals surface area (Å²) >= 11 is 1.45. The lowest BCUT2D eigenvalue weighted by molar-refractivity contribution is -0.118. The number of fused-ring (bicyclic) bond motifs is 1. The van der Waals surface area contributed by atoms with E-state index in [1.54, 1.807) is 6.92 Å². The van der Waals surface area contributed by atoms with Gasteiger partial charge in [-0.25, -0.2) is 4.79 Å². The fraction of sp³-hybridized carbons (Fsp3) is 0.308.